The van der Waals surface area contributed by atoms with Gasteiger partial charge in [-0.15, -0.1) is 0 Å². The summed E-state index contributed by atoms with van der Waals surface area (Å²) in [6, 6.07) is 0. The second-order valence-corrected chi connectivity index (χ2v) is 11.0. The Kier molecular flexibility index (Phi) is 6.13. The number of hydrogen-bond donors (Lipinski definition) is 3. The highest BCUT2D eigenvalue weighted by molar-refractivity contribution is 6.02. The molecule has 0 spiro atoms. The second-order valence-electron chi connectivity index (χ2n) is 11.0. The third-order valence-electron chi connectivity index (χ3n) is 9.55. The van der Waals surface area contributed by atoms with E-state index in [9.17, 15) is 29.4 Å². The van der Waals surface area contributed by atoms with Gasteiger partial charge in [-0.05, 0) is 63.0 Å². The highest BCUT2D eigenvalue weighted by Gasteiger charge is 2.68. The van der Waals surface area contributed by atoms with E-state index in [2.05, 4.69) is 6.92 Å². The lowest BCUT2D eigenvalue weighted by Gasteiger charge is -2.60. The van der Waals surface area contributed by atoms with Gasteiger partial charge in [0.2, 0.25) is 5.78 Å². The summed E-state index contributed by atoms with van der Waals surface area (Å²) in [7, 11) is 0. The van der Waals surface area contributed by atoms with Crippen LogP contribution < -0.4 is 0 Å². The van der Waals surface area contributed by atoms with Crippen LogP contribution in [0.15, 0.2) is 23.3 Å². The van der Waals surface area contributed by atoms with Gasteiger partial charge in [-0.25, -0.2) is 0 Å². The molecule has 0 amide bonds. The number of ether oxygens (including phenoxy) is 1. The van der Waals surface area contributed by atoms with Crippen molar-refractivity contribution >= 4 is 23.5 Å². The number of fused-ring (bicyclic) bond motifs is 5. The number of Topliss-reactive ketones (excluding diaryl/α,β-unsaturated/α-hetero) is 1. The van der Waals surface area contributed by atoms with Gasteiger partial charge in [0.15, 0.2) is 12.4 Å². The van der Waals surface area contributed by atoms with E-state index in [0.29, 0.717) is 6.42 Å². The number of aliphatic carboxylic acids is 1. The fourth-order valence-electron chi connectivity index (χ4n) is 7.69. The third kappa shape index (κ3) is 3.57. The average Bonchev–Trinajstić information content (AvgIpc) is 3.02. The van der Waals surface area contributed by atoms with Crippen LogP contribution in [0.3, 0.4) is 0 Å². The highest BCUT2D eigenvalue weighted by atomic mass is 16.5. The molecule has 0 aromatic heterocycles. The normalized spacial score (nSPS) is 40.9. The number of carboxylic acids is 1. The number of carbonyl (C=O) groups excluding carboxylic acids is 3. The maximum absolute atomic E-state index is 13.1. The van der Waals surface area contributed by atoms with Gasteiger partial charge in [0.25, 0.3) is 0 Å². The van der Waals surface area contributed by atoms with Gasteiger partial charge in [0.1, 0.15) is 5.60 Å². The van der Waals surface area contributed by atoms with Crippen molar-refractivity contribution in [2.45, 2.75) is 77.4 Å². The maximum atomic E-state index is 13.1. The molecule has 8 heteroatoms. The minimum absolute atomic E-state index is 0.00126. The molecule has 4 aliphatic rings. The van der Waals surface area contributed by atoms with Crippen LogP contribution in [0, 0.1) is 28.6 Å². The Morgan fingerprint density at radius 3 is 2.53 bits per heavy atom. The molecule has 0 aromatic carbocycles. The van der Waals surface area contributed by atoms with Crippen LogP contribution in [0.1, 0.15) is 65.7 Å². The molecule has 0 aromatic rings. The summed E-state index contributed by atoms with van der Waals surface area (Å²) in [6.07, 6.45) is 4.45. The zero-order valence-corrected chi connectivity index (χ0v) is 20.0. The third-order valence-corrected chi connectivity index (χ3v) is 9.55. The van der Waals surface area contributed by atoms with Crippen molar-refractivity contribution in [2.75, 3.05) is 6.61 Å². The summed E-state index contributed by atoms with van der Waals surface area (Å²) >= 11 is 0. The van der Waals surface area contributed by atoms with E-state index in [4.69, 9.17) is 9.84 Å². The first-order valence-corrected chi connectivity index (χ1v) is 12.1. The van der Waals surface area contributed by atoms with Crippen molar-refractivity contribution in [2.24, 2.45) is 28.6 Å². The van der Waals surface area contributed by atoms with Crippen molar-refractivity contribution in [1.29, 1.82) is 0 Å². The van der Waals surface area contributed by atoms with E-state index < -0.39 is 46.9 Å². The number of ketones is 2. The Morgan fingerprint density at radius 2 is 1.85 bits per heavy atom. The molecule has 8 nitrogen and oxygen atoms in total. The van der Waals surface area contributed by atoms with Crippen LogP contribution in [0.2, 0.25) is 0 Å². The largest absolute Gasteiger partial charge is 0.481 e. The SMILES string of the molecule is CC1=CC(=O)C=C2CCC3C(C(O)C[C@@]4(C)C3CC[C@]4(O)C(=O)COC(=O)CCC(=O)O)[C@@]12C. The lowest BCUT2D eigenvalue weighted by atomic mass is 9.45. The van der Waals surface area contributed by atoms with Gasteiger partial charge in [0.05, 0.1) is 18.9 Å². The molecule has 3 fully saturated rings. The lowest BCUT2D eigenvalue weighted by Crippen LogP contribution is -2.62. The summed E-state index contributed by atoms with van der Waals surface area (Å²) in [5.41, 5.74) is -1.04. The molecule has 0 heterocycles. The molecule has 4 unspecified atom stereocenters. The highest BCUT2D eigenvalue weighted by Crippen LogP contribution is 2.68. The number of allylic oxidation sites excluding steroid dienone is 4. The zero-order valence-electron chi connectivity index (χ0n) is 20.0. The molecule has 0 aliphatic heterocycles. The van der Waals surface area contributed by atoms with E-state index in [1.54, 1.807) is 12.2 Å². The molecule has 186 valence electrons. The van der Waals surface area contributed by atoms with E-state index in [1.165, 1.54) is 0 Å². The Bertz CT molecular complexity index is 995. The minimum atomic E-state index is -1.73. The summed E-state index contributed by atoms with van der Waals surface area (Å²) in [4.78, 5) is 47.7. The number of rotatable bonds is 6. The van der Waals surface area contributed by atoms with Crippen LogP contribution in [-0.4, -0.2) is 57.1 Å². The van der Waals surface area contributed by atoms with Gasteiger partial charge in [-0.3, -0.25) is 19.2 Å². The Labute approximate surface area is 199 Å². The van der Waals surface area contributed by atoms with Crippen molar-refractivity contribution in [3.8, 4) is 0 Å². The number of aliphatic hydroxyl groups is 2. The van der Waals surface area contributed by atoms with Gasteiger partial charge < -0.3 is 20.1 Å². The van der Waals surface area contributed by atoms with Gasteiger partial charge in [-0.1, -0.05) is 25.0 Å². The Balaban J connectivity index is 1.56. The number of carboxylic acid groups (broad SMARTS) is 1. The molecular weight excluding hydrogens is 440 g/mol. The molecule has 4 aliphatic carbocycles. The molecular formula is C26H34O8. The molecule has 3 saturated carbocycles. The van der Waals surface area contributed by atoms with Gasteiger partial charge >= 0.3 is 11.9 Å². The van der Waals surface area contributed by atoms with E-state index in [0.717, 1.165) is 24.0 Å². The fraction of sp³-hybridized carbons (Fsp3) is 0.692. The number of esters is 1. The number of aliphatic hydroxyl groups excluding tert-OH is 1. The van der Waals surface area contributed by atoms with Gasteiger partial charge in [-0.2, -0.15) is 0 Å². The second kappa shape index (κ2) is 8.41. The predicted molar refractivity (Wildman–Crippen MR) is 120 cm³/mol. The molecule has 0 bridgehead atoms. The average molecular weight is 475 g/mol. The summed E-state index contributed by atoms with van der Waals surface area (Å²) in [6.45, 7) is 5.29. The minimum Gasteiger partial charge on any atom is -0.481 e. The predicted octanol–water partition coefficient (Wildman–Crippen LogP) is 2.36. The smallest absolute Gasteiger partial charge is 0.306 e. The topological polar surface area (TPSA) is 138 Å². The molecule has 3 N–H and O–H groups in total. The van der Waals surface area contributed by atoms with E-state index in [1.807, 2.05) is 13.8 Å². The Hall–Kier alpha value is -2.32. The van der Waals surface area contributed by atoms with Crippen LogP contribution in [0.4, 0.5) is 0 Å². The lowest BCUT2D eigenvalue weighted by molar-refractivity contribution is -0.181. The summed E-state index contributed by atoms with van der Waals surface area (Å²) < 4.78 is 4.98. The van der Waals surface area contributed by atoms with Crippen LogP contribution in [0.5, 0.6) is 0 Å². The van der Waals surface area contributed by atoms with Crippen molar-refractivity contribution in [1.82, 2.24) is 0 Å². The zero-order chi connectivity index (χ0) is 25.1. The van der Waals surface area contributed by atoms with Crippen molar-refractivity contribution in [3.63, 3.8) is 0 Å². The van der Waals surface area contributed by atoms with Crippen molar-refractivity contribution in [3.05, 3.63) is 23.3 Å². The molecule has 34 heavy (non-hydrogen) atoms. The first kappa shape index (κ1) is 24.8. The molecule has 4 rings (SSSR count). The number of carbonyl (C=O) groups is 4. The van der Waals surface area contributed by atoms with E-state index in [-0.39, 0.29) is 49.2 Å². The van der Waals surface area contributed by atoms with Crippen molar-refractivity contribution < 1.29 is 39.2 Å². The van der Waals surface area contributed by atoms with Crippen LogP contribution in [0.25, 0.3) is 0 Å². The van der Waals surface area contributed by atoms with Crippen LogP contribution in [-0.2, 0) is 23.9 Å². The molecule has 0 saturated heterocycles. The van der Waals surface area contributed by atoms with Crippen LogP contribution >= 0.6 is 0 Å². The maximum Gasteiger partial charge on any atom is 0.306 e. The summed E-state index contributed by atoms with van der Waals surface area (Å²) in [5.74, 6) is -2.58. The Morgan fingerprint density at radius 1 is 1.15 bits per heavy atom. The standard InChI is InChI=1S/C26H34O8/c1-14-10-16(27)11-15-4-5-17-18-8-9-26(33,20(29)13-34-22(32)7-6-21(30)31)24(18,2)12-19(28)23(17)25(14,15)3/h10-11,17-19,23,28,33H,4-9,12-13H2,1-3H3,(H,30,31)/t17?,18?,19?,23?,24-,25-,26-/m0/s1. The van der Waals surface area contributed by atoms with E-state index >= 15 is 0 Å². The quantitative estimate of drug-likeness (QED) is 0.499. The molecule has 7 atom stereocenters. The first-order valence-electron chi connectivity index (χ1n) is 12.1. The summed E-state index contributed by atoms with van der Waals surface area (Å²) in [5, 5.41) is 31.8. The molecule has 0 radical (unpaired) electrons. The van der Waals surface area contributed by atoms with Gasteiger partial charge in [0, 0.05) is 16.7 Å². The number of hydrogen-bond acceptors (Lipinski definition) is 7. The fourth-order valence-corrected chi connectivity index (χ4v) is 7.69. The monoisotopic (exact) mass is 474 g/mol. The first-order chi connectivity index (χ1) is 15.8.